The number of anilines is 1. The number of hydrogen-bond donors (Lipinski definition) is 2. The van der Waals surface area contributed by atoms with Crippen LogP contribution in [0.25, 0.3) is 0 Å². The summed E-state index contributed by atoms with van der Waals surface area (Å²) in [5, 5.41) is 9.54. The predicted octanol–water partition coefficient (Wildman–Crippen LogP) is 2.07. The molecule has 0 saturated carbocycles. The van der Waals surface area contributed by atoms with Crippen LogP contribution in [0, 0.1) is 5.92 Å². The first kappa shape index (κ1) is 19.9. The zero-order valence-electron chi connectivity index (χ0n) is 17.3. The van der Waals surface area contributed by atoms with Crippen LogP contribution in [0.2, 0.25) is 0 Å². The monoisotopic (exact) mass is 398 g/mol. The lowest BCUT2D eigenvalue weighted by atomic mass is 10.0. The van der Waals surface area contributed by atoms with Crippen molar-refractivity contribution < 1.29 is 9.84 Å². The molecule has 2 aromatic rings. The molecule has 156 valence electrons. The van der Waals surface area contributed by atoms with E-state index in [2.05, 4.69) is 21.7 Å². The number of aromatic nitrogens is 2. The van der Waals surface area contributed by atoms with Gasteiger partial charge in [-0.05, 0) is 36.5 Å². The van der Waals surface area contributed by atoms with Crippen LogP contribution < -0.4 is 15.2 Å². The number of nitrogens with one attached hydrogen (secondary N) is 1. The maximum absolute atomic E-state index is 12.8. The van der Waals surface area contributed by atoms with Gasteiger partial charge in [0.1, 0.15) is 5.75 Å². The zero-order chi connectivity index (χ0) is 20.4. The van der Waals surface area contributed by atoms with Crippen molar-refractivity contribution in [3.63, 3.8) is 0 Å². The molecule has 3 heterocycles. The highest BCUT2D eigenvalue weighted by Gasteiger charge is 2.24. The summed E-state index contributed by atoms with van der Waals surface area (Å²) >= 11 is 0. The first-order valence-corrected chi connectivity index (χ1v) is 10.4. The molecule has 29 heavy (non-hydrogen) atoms. The minimum Gasteiger partial charge on any atom is -0.496 e. The first-order chi connectivity index (χ1) is 14.1. The smallest absolute Gasteiger partial charge is 0.257 e. The van der Waals surface area contributed by atoms with Crippen molar-refractivity contribution in [2.45, 2.75) is 45.9 Å². The maximum atomic E-state index is 12.8. The Hall–Kier alpha value is -2.38. The lowest BCUT2D eigenvalue weighted by Crippen LogP contribution is -2.39. The number of piperidine rings is 1. The van der Waals surface area contributed by atoms with Crippen LogP contribution in [0.4, 0.5) is 5.95 Å². The molecule has 1 aromatic heterocycles. The van der Waals surface area contributed by atoms with E-state index in [0.29, 0.717) is 18.2 Å². The van der Waals surface area contributed by atoms with Gasteiger partial charge >= 0.3 is 0 Å². The van der Waals surface area contributed by atoms with Crippen molar-refractivity contribution in [2.75, 3.05) is 31.6 Å². The fourth-order valence-electron chi connectivity index (χ4n) is 4.45. The molecule has 2 N–H and O–H groups in total. The fourth-order valence-corrected chi connectivity index (χ4v) is 4.45. The number of methoxy groups -OCH3 is 1. The fraction of sp³-hybridized carbons (Fsp3) is 0.545. The molecule has 0 radical (unpaired) electrons. The molecule has 1 aromatic carbocycles. The van der Waals surface area contributed by atoms with Gasteiger partial charge in [-0.2, -0.15) is 0 Å². The molecule has 1 saturated heterocycles. The van der Waals surface area contributed by atoms with Gasteiger partial charge in [-0.1, -0.05) is 13.0 Å². The van der Waals surface area contributed by atoms with Crippen LogP contribution in [-0.4, -0.2) is 46.7 Å². The molecule has 1 unspecified atom stereocenters. The summed E-state index contributed by atoms with van der Waals surface area (Å²) in [6.45, 7) is 6.29. The lowest BCUT2D eigenvalue weighted by Gasteiger charge is -2.33. The molecule has 1 atom stereocenters. The molecule has 0 spiro atoms. The average molecular weight is 399 g/mol. The number of hydrogen-bond acceptors (Lipinski definition) is 6. The molecular weight excluding hydrogens is 368 g/mol. The number of H-pyrrole nitrogens is 1. The summed E-state index contributed by atoms with van der Waals surface area (Å²) in [4.78, 5) is 25.1. The Morgan fingerprint density at radius 2 is 2.21 bits per heavy atom. The van der Waals surface area contributed by atoms with Crippen LogP contribution in [0.15, 0.2) is 23.0 Å². The van der Waals surface area contributed by atoms with Crippen molar-refractivity contribution in [2.24, 2.45) is 5.92 Å². The second-order valence-electron chi connectivity index (χ2n) is 8.27. The average Bonchev–Trinajstić information content (AvgIpc) is 2.74. The second-order valence-corrected chi connectivity index (χ2v) is 8.27. The first-order valence-electron chi connectivity index (χ1n) is 10.4. The van der Waals surface area contributed by atoms with Crippen molar-refractivity contribution in [3.8, 4) is 5.75 Å². The Labute approximate surface area is 171 Å². The minimum absolute atomic E-state index is 0.0151. The molecule has 0 bridgehead atoms. The van der Waals surface area contributed by atoms with E-state index < -0.39 is 0 Å². The largest absolute Gasteiger partial charge is 0.496 e. The summed E-state index contributed by atoms with van der Waals surface area (Å²) in [6.07, 6.45) is 3.16. The van der Waals surface area contributed by atoms with E-state index in [-0.39, 0.29) is 12.2 Å². The number of ether oxygens (including phenoxy) is 1. The molecule has 2 aliphatic rings. The van der Waals surface area contributed by atoms with Gasteiger partial charge < -0.3 is 14.7 Å². The quantitative estimate of drug-likeness (QED) is 0.802. The molecular formula is C22H30N4O3. The Kier molecular flexibility index (Phi) is 5.87. The zero-order valence-corrected chi connectivity index (χ0v) is 17.3. The Morgan fingerprint density at radius 3 is 2.97 bits per heavy atom. The Morgan fingerprint density at radius 1 is 1.34 bits per heavy atom. The van der Waals surface area contributed by atoms with Gasteiger partial charge in [0.2, 0.25) is 5.95 Å². The van der Waals surface area contributed by atoms with E-state index in [0.717, 1.165) is 67.4 Å². The Bertz CT molecular complexity index is 927. The second kappa shape index (κ2) is 8.55. The summed E-state index contributed by atoms with van der Waals surface area (Å²) in [6, 6.07) is 5.87. The van der Waals surface area contributed by atoms with Gasteiger partial charge in [-0.3, -0.25) is 14.7 Å². The molecule has 2 aliphatic heterocycles. The molecule has 0 amide bonds. The Balaban J connectivity index is 1.49. The van der Waals surface area contributed by atoms with Gasteiger partial charge in [-0.25, -0.2) is 4.98 Å². The van der Waals surface area contributed by atoms with E-state index in [4.69, 9.17) is 9.72 Å². The number of rotatable bonds is 5. The van der Waals surface area contributed by atoms with Crippen LogP contribution in [0.1, 0.15) is 42.1 Å². The van der Waals surface area contributed by atoms with Gasteiger partial charge in [0.25, 0.3) is 5.56 Å². The summed E-state index contributed by atoms with van der Waals surface area (Å²) < 4.78 is 5.28. The molecule has 7 nitrogen and oxygen atoms in total. The van der Waals surface area contributed by atoms with Gasteiger partial charge in [0.15, 0.2) is 0 Å². The molecule has 4 rings (SSSR count). The molecule has 1 fully saturated rings. The number of aromatic amines is 1. The molecule has 0 aliphatic carbocycles. The number of fused-ring (bicyclic) bond motifs is 1. The van der Waals surface area contributed by atoms with Crippen molar-refractivity contribution in [1.82, 2.24) is 14.9 Å². The van der Waals surface area contributed by atoms with E-state index >= 15 is 0 Å². The lowest BCUT2D eigenvalue weighted by molar-refractivity contribution is 0.240. The number of aliphatic hydroxyl groups excluding tert-OH is 1. The van der Waals surface area contributed by atoms with Gasteiger partial charge in [0, 0.05) is 44.7 Å². The van der Waals surface area contributed by atoms with Gasteiger partial charge in [-0.15, -0.1) is 0 Å². The van der Waals surface area contributed by atoms with E-state index in [9.17, 15) is 9.90 Å². The maximum Gasteiger partial charge on any atom is 0.257 e. The normalized spacial score (nSPS) is 19.8. The van der Waals surface area contributed by atoms with Crippen molar-refractivity contribution >= 4 is 5.95 Å². The van der Waals surface area contributed by atoms with Crippen LogP contribution in [0.3, 0.4) is 0 Å². The highest BCUT2D eigenvalue weighted by molar-refractivity contribution is 5.37. The third kappa shape index (κ3) is 4.31. The van der Waals surface area contributed by atoms with Crippen LogP contribution >= 0.6 is 0 Å². The minimum atomic E-state index is -0.0542. The van der Waals surface area contributed by atoms with E-state index in [1.54, 1.807) is 7.11 Å². The number of benzene rings is 1. The third-order valence-electron chi connectivity index (χ3n) is 6.01. The summed E-state index contributed by atoms with van der Waals surface area (Å²) in [5.41, 5.74) is 3.58. The standard InChI is InChI=1S/C22H30N4O3/c1-15-4-3-8-26(11-15)22-23-19-7-9-25(13-18(19)21(28)24-22)12-16-5-6-20(29-2)17(10-16)14-27/h5-6,10,15,27H,3-4,7-9,11-14H2,1-2H3,(H,23,24,28). The van der Waals surface area contributed by atoms with Crippen LogP contribution in [0.5, 0.6) is 5.75 Å². The molecule has 7 heteroatoms. The number of nitrogens with zero attached hydrogens (tertiary/aromatic N) is 3. The van der Waals surface area contributed by atoms with Crippen molar-refractivity contribution in [1.29, 1.82) is 0 Å². The van der Waals surface area contributed by atoms with Crippen molar-refractivity contribution in [3.05, 3.63) is 50.9 Å². The van der Waals surface area contributed by atoms with Gasteiger partial charge in [0.05, 0.1) is 25.0 Å². The van der Waals surface area contributed by atoms with Crippen LogP contribution in [-0.2, 0) is 26.1 Å². The topological polar surface area (TPSA) is 81.7 Å². The third-order valence-corrected chi connectivity index (χ3v) is 6.01. The van der Waals surface area contributed by atoms with E-state index in [1.807, 2.05) is 18.2 Å². The predicted molar refractivity (Wildman–Crippen MR) is 112 cm³/mol. The highest BCUT2D eigenvalue weighted by Crippen LogP contribution is 2.24. The highest BCUT2D eigenvalue weighted by atomic mass is 16.5. The summed E-state index contributed by atoms with van der Waals surface area (Å²) in [5.74, 6) is 2.06. The SMILES string of the molecule is COc1ccc(CN2CCc3nc(N4CCCC(C)C4)[nH]c(=O)c3C2)cc1CO. The number of aliphatic hydroxyl groups is 1. The summed E-state index contributed by atoms with van der Waals surface area (Å²) in [7, 11) is 1.60. The van der Waals surface area contributed by atoms with E-state index in [1.165, 1.54) is 6.42 Å².